The Bertz CT molecular complexity index is 638. The molecule has 0 N–H and O–H groups in total. The first kappa shape index (κ1) is 17.8. The lowest BCUT2D eigenvalue weighted by atomic mass is 10.2. The molecule has 24 heavy (non-hydrogen) atoms. The predicted molar refractivity (Wildman–Crippen MR) is 76.9 cm³/mol. The second-order valence-corrected chi connectivity index (χ2v) is 5.24. The molecule has 1 aliphatic heterocycles. The number of amides is 2. The van der Waals surface area contributed by atoms with Gasteiger partial charge in [0.15, 0.2) is 5.82 Å². The molecule has 0 aromatic carbocycles. The molecule has 8 nitrogen and oxygen atoms in total. The van der Waals surface area contributed by atoms with Gasteiger partial charge in [-0.15, -0.1) is 0 Å². The Hall–Kier alpha value is -2.52. The summed E-state index contributed by atoms with van der Waals surface area (Å²) < 4.78 is 34.3. The molecule has 2 rings (SSSR count). The van der Waals surface area contributed by atoms with Crippen LogP contribution in [0.1, 0.15) is 12.7 Å². The smallest absolute Gasteiger partial charge is 0.397 e. The molecule has 1 aromatic rings. The van der Waals surface area contributed by atoms with Crippen LogP contribution in [-0.4, -0.2) is 69.9 Å². The molecule has 1 aromatic heterocycles. The number of aryl methyl sites for hydroxylation is 1. The van der Waals surface area contributed by atoms with Gasteiger partial charge in [-0.05, 0) is 6.92 Å². The number of alkyl halides is 2. The van der Waals surface area contributed by atoms with Crippen molar-refractivity contribution in [1.29, 1.82) is 0 Å². The first-order valence-corrected chi connectivity index (χ1v) is 7.40. The maximum atomic E-state index is 14.3. The Morgan fingerprint density at radius 1 is 1.21 bits per heavy atom. The van der Waals surface area contributed by atoms with E-state index in [9.17, 15) is 23.2 Å². The highest BCUT2D eigenvalue weighted by Crippen LogP contribution is 2.29. The largest absolute Gasteiger partial charge is 0.459 e. The molecule has 0 unspecified atom stereocenters. The third-order valence-electron chi connectivity index (χ3n) is 3.67. The normalized spacial score (nSPS) is 15.3. The lowest BCUT2D eigenvalue weighted by Crippen LogP contribution is -2.55. The topological polar surface area (TPSA) is 84.7 Å². The molecular weight excluding hydrogens is 326 g/mol. The Labute approximate surface area is 137 Å². The number of piperazine rings is 1. The quantitative estimate of drug-likeness (QED) is 0.557. The van der Waals surface area contributed by atoms with E-state index >= 15 is 0 Å². The van der Waals surface area contributed by atoms with Gasteiger partial charge in [-0.25, -0.2) is 9.78 Å². The van der Waals surface area contributed by atoms with Crippen molar-refractivity contribution in [3.05, 3.63) is 18.2 Å². The maximum absolute atomic E-state index is 14.3. The fourth-order valence-corrected chi connectivity index (χ4v) is 2.40. The summed E-state index contributed by atoms with van der Waals surface area (Å²) in [6.45, 7) is 1.43. The summed E-state index contributed by atoms with van der Waals surface area (Å²) in [5, 5.41) is 0. The van der Waals surface area contributed by atoms with E-state index in [2.05, 4.69) is 9.72 Å². The van der Waals surface area contributed by atoms with Crippen LogP contribution in [-0.2, 0) is 32.1 Å². The van der Waals surface area contributed by atoms with Crippen LogP contribution >= 0.6 is 0 Å². The lowest BCUT2D eigenvalue weighted by Gasteiger charge is -2.35. The Balaban J connectivity index is 1.99. The highest BCUT2D eigenvalue weighted by molar-refractivity contribution is 6.32. The minimum Gasteiger partial charge on any atom is -0.459 e. The molecule has 0 spiro atoms. The summed E-state index contributed by atoms with van der Waals surface area (Å²) in [6.07, 6.45) is 2.51. The number of aromatic nitrogens is 2. The van der Waals surface area contributed by atoms with Gasteiger partial charge in [0.25, 0.3) is 0 Å². The zero-order valence-corrected chi connectivity index (χ0v) is 13.4. The molecule has 0 aliphatic carbocycles. The third kappa shape index (κ3) is 3.36. The number of hydrogen-bond acceptors (Lipinski definition) is 5. The van der Waals surface area contributed by atoms with Gasteiger partial charge in [-0.1, -0.05) is 0 Å². The number of imidazole rings is 1. The van der Waals surface area contributed by atoms with Crippen molar-refractivity contribution >= 4 is 17.8 Å². The van der Waals surface area contributed by atoms with Gasteiger partial charge in [0.1, 0.15) is 0 Å². The Morgan fingerprint density at radius 3 is 2.29 bits per heavy atom. The van der Waals surface area contributed by atoms with Crippen molar-refractivity contribution in [2.24, 2.45) is 7.05 Å². The van der Waals surface area contributed by atoms with Crippen molar-refractivity contribution in [2.75, 3.05) is 32.8 Å². The van der Waals surface area contributed by atoms with Crippen molar-refractivity contribution < 1.29 is 27.9 Å². The lowest BCUT2D eigenvalue weighted by molar-refractivity contribution is -0.166. The minimum absolute atomic E-state index is 0.0139. The molecule has 2 amide bonds. The van der Waals surface area contributed by atoms with E-state index in [1.54, 1.807) is 6.92 Å². The number of ether oxygens (including phenoxy) is 1. The van der Waals surface area contributed by atoms with Crippen molar-refractivity contribution in [1.82, 2.24) is 19.4 Å². The molecule has 2 heterocycles. The summed E-state index contributed by atoms with van der Waals surface area (Å²) in [4.78, 5) is 40.9. The number of esters is 1. The summed E-state index contributed by atoms with van der Waals surface area (Å²) in [7, 11) is 1.37. The minimum atomic E-state index is -3.76. The Morgan fingerprint density at radius 2 is 1.79 bits per heavy atom. The van der Waals surface area contributed by atoms with Crippen LogP contribution in [0.4, 0.5) is 8.78 Å². The van der Waals surface area contributed by atoms with Crippen LogP contribution in [0.3, 0.4) is 0 Å². The number of hydrogen-bond donors (Lipinski definition) is 0. The van der Waals surface area contributed by atoms with E-state index in [1.165, 1.54) is 24.3 Å². The molecule has 1 aliphatic rings. The van der Waals surface area contributed by atoms with Crippen LogP contribution in [0.15, 0.2) is 12.4 Å². The monoisotopic (exact) mass is 344 g/mol. The van der Waals surface area contributed by atoms with E-state index in [0.29, 0.717) is 0 Å². The van der Waals surface area contributed by atoms with Crippen molar-refractivity contribution in [3.63, 3.8) is 0 Å². The second kappa shape index (κ2) is 6.93. The molecule has 0 bridgehead atoms. The van der Waals surface area contributed by atoms with Crippen LogP contribution < -0.4 is 0 Å². The van der Waals surface area contributed by atoms with Gasteiger partial charge in [-0.3, -0.25) is 9.59 Å². The van der Waals surface area contributed by atoms with Gasteiger partial charge < -0.3 is 19.1 Å². The standard InChI is InChI=1S/C14H18F2N4O4/c1-3-24-11(22)10(21)19-6-8-20(9-7-19)13(23)14(15,16)12-17-4-5-18(12)2/h4-5H,3,6-9H2,1-2H3. The van der Waals surface area contributed by atoms with E-state index in [-0.39, 0.29) is 32.8 Å². The Kier molecular flexibility index (Phi) is 5.15. The molecule has 0 radical (unpaired) electrons. The van der Waals surface area contributed by atoms with Gasteiger partial charge in [0.05, 0.1) is 6.61 Å². The number of halogens is 2. The van der Waals surface area contributed by atoms with E-state index in [4.69, 9.17) is 0 Å². The fourth-order valence-electron chi connectivity index (χ4n) is 2.40. The maximum Gasteiger partial charge on any atom is 0.397 e. The number of nitrogens with zero attached hydrogens (tertiary/aromatic N) is 4. The fraction of sp³-hybridized carbons (Fsp3) is 0.571. The summed E-state index contributed by atoms with van der Waals surface area (Å²) >= 11 is 0. The highest BCUT2D eigenvalue weighted by Gasteiger charge is 2.48. The van der Waals surface area contributed by atoms with Crippen molar-refractivity contribution in [3.8, 4) is 0 Å². The first-order valence-electron chi connectivity index (χ1n) is 7.40. The van der Waals surface area contributed by atoms with E-state index < -0.39 is 29.5 Å². The number of carbonyl (C=O) groups is 3. The van der Waals surface area contributed by atoms with Crippen LogP contribution in [0, 0.1) is 0 Å². The number of carbonyl (C=O) groups excluding carboxylic acids is 3. The molecule has 10 heteroatoms. The first-order chi connectivity index (χ1) is 11.3. The zero-order chi connectivity index (χ0) is 17.9. The van der Waals surface area contributed by atoms with Crippen LogP contribution in [0.25, 0.3) is 0 Å². The summed E-state index contributed by atoms with van der Waals surface area (Å²) in [5.41, 5.74) is 0. The van der Waals surface area contributed by atoms with Gasteiger partial charge in [0, 0.05) is 45.6 Å². The molecule has 132 valence electrons. The summed E-state index contributed by atoms with van der Waals surface area (Å²) in [5.74, 6) is -7.60. The van der Waals surface area contributed by atoms with Gasteiger partial charge in [0.2, 0.25) is 0 Å². The van der Waals surface area contributed by atoms with E-state index in [1.807, 2.05) is 0 Å². The molecule has 1 fully saturated rings. The summed E-state index contributed by atoms with van der Waals surface area (Å²) in [6, 6.07) is 0. The van der Waals surface area contributed by atoms with Crippen LogP contribution in [0.2, 0.25) is 0 Å². The molecular formula is C14H18F2N4O4. The predicted octanol–water partition coefficient (Wildman–Crippen LogP) is -0.254. The number of rotatable bonds is 3. The van der Waals surface area contributed by atoms with Gasteiger partial charge in [-0.2, -0.15) is 8.78 Å². The zero-order valence-electron chi connectivity index (χ0n) is 13.4. The second-order valence-electron chi connectivity index (χ2n) is 5.24. The van der Waals surface area contributed by atoms with Crippen molar-refractivity contribution in [2.45, 2.75) is 12.8 Å². The van der Waals surface area contributed by atoms with Gasteiger partial charge >= 0.3 is 23.7 Å². The van der Waals surface area contributed by atoms with Crippen LogP contribution in [0.5, 0.6) is 0 Å². The third-order valence-corrected chi connectivity index (χ3v) is 3.67. The van der Waals surface area contributed by atoms with E-state index in [0.717, 1.165) is 9.47 Å². The highest BCUT2D eigenvalue weighted by atomic mass is 19.3. The average Bonchev–Trinajstić information content (AvgIpc) is 3.00. The molecule has 0 atom stereocenters. The average molecular weight is 344 g/mol. The molecule has 1 saturated heterocycles. The SMILES string of the molecule is CCOC(=O)C(=O)N1CCN(C(=O)C(F)(F)c2nccn2C)CC1. The molecule has 0 saturated carbocycles.